The van der Waals surface area contributed by atoms with Gasteiger partial charge in [0.1, 0.15) is 17.6 Å². The van der Waals surface area contributed by atoms with E-state index in [1.807, 2.05) is 0 Å². The molecule has 1 atom stereocenters. The third kappa shape index (κ3) is 3.51. The molecule has 6 heteroatoms. The maximum absolute atomic E-state index is 12.6. The van der Waals surface area contributed by atoms with E-state index >= 15 is 0 Å². The molecule has 92 valence electrons. The van der Waals surface area contributed by atoms with Gasteiger partial charge in [0.2, 0.25) is 0 Å². The van der Waals surface area contributed by atoms with E-state index in [2.05, 4.69) is 10.3 Å². The highest BCUT2D eigenvalue weighted by Gasteiger charge is 2.24. The van der Waals surface area contributed by atoms with E-state index in [9.17, 15) is 14.0 Å². The largest absolute Gasteiger partial charge is 0.480 e. The van der Waals surface area contributed by atoms with Crippen LogP contribution in [0.15, 0.2) is 18.3 Å². The van der Waals surface area contributed by atoms with Crippen molar-refractivity contribution < 1.29 is 19.1 Å². The third-order valence-electron chi connectivity index (χ3n) is 2.18. The Morgan fingerprint density at radius 3 is 2.47 bits per heavy atom. The molecule has 1 amide bonds. The third-order valence-corrected chi connectivity index (χ3v) is 2.18. The second kappa shape index (κ2) is 5.38. The zero-order valence-corrected chi connectivity index (χ0v) is 9.48. The Hall–Kier alpha value is -1.98. The second-order valence-corrected chi connectivity index (χ2v) is 3.90. The average molecular weight is 240 g/mol. The molecule has 0 spiro atoms. The summed E-state index contributed by atoms with van der Waals surface area (Å²) in [7, 11) is 0. The minimum Gasteiger partial charge on any atom is -0.480 e. The van der Waals surface area contributed by atoms with Crippen LogP contribution in [0.3, 0.4) is 0 Å². The standard InChI is InChI=1S/C11H13FN2O3/c1-6(2)9(11(16)17)14-10(15)8-4-3-7(12)5-13-8/h3-6,9H,1-2H3,(H,14,15)(H,16,17). The number of nitrogens with one attached hydrogen (secondary N) is 1. The number of carbonyl (C=O) groups excluding carboxylic acids is 1. The van der Waals surface area contributed by atoms with Crippen LogP contribution in [0, 0.1) is 11.7 Å². The predicted octanol–water partition coefficient (Wildman–Crippen LogP) is 1.06. The van der Waals surface area contributed by atoms with Gasteiger partial charge in [-0.25, -0.2) is 14.2 Å². The normalized spacial score (nSPS) is 12.2. The number of pyridine rings is 1. The van der Waals surface area contributed by atoms with E-state index in [1.165, 1.54) is 6.07 Å². The minimum absolute atomic E-state index is 0.0155. The number of amides is 1. The molecular formula is C11H13FN2O3. The Bertz CT molecular complexity index is 417. The second-order valence-electron chi connectivity index (χ2n) is 3.90. The van der Waals surface area contributed by atoms with Crippen molar-refractivity contribution in [2.75, 3.05) is 0 Å². The van der Waals surface area contributed by atoms with Crippen molar-refractivity contribution >= 4 is 11.9 Å². The molecule has 0 aliphatic carbocycles. The Kier molecular flexibility index (Phi) is 4.14. The van der Waals surface area contributed by atoms with Crippen LogP contribution in [0.5, 0.6) is 0 Å². The number of aromatic nitrogens is 1. The lowest BCUT2D eigenvalue weighted by molar-refractivity contribution is -0.140. The van der Waals surface area contributed by atoms with E-state index in [4.69, 9.17) is 5.11 Å². The van der Waals surface area contributed by atoms with Gasteiger partial charge in [-0.15, -0.1) is 0 Å². The molecule has 0 radical (unpaired) electrons. The van der Waals surface area contributed by atoms with Gasteiger partial charge in [-0.2, -0.15) is 0 Å². The number of aliphatic carboxylic acids is 1. The topological polar surface area (TPSA) is 79.3 Å². The maximum atomic E-state index is 12.6. The van der Waals surface area contributed by atoms with Gasteiger partial charge in [0.15, 0.2) is 0 Å². The van der Waals surface area contributed by atoms with E-state index in [1.54, 1.807) is 13.8 Å². The summed E-state index contributed by atoms with van der Waals surface area (Å²) in [5.41, 5.74) is -0.0155. The van der Waals surface area contributed by atoms with Gasteiger partial charge in [-0.05, 0) is 18.1 Å². The minimum atomic E-state index is -1.12. The summed E-state index contributed by atoms with van der Waals surface area (Å²) < 4.78 is 12.6. The molecule has 1 rings (SSSR count). The summed E-state index contributed by atoms with van der Waals surface area (Å²) in [6.45, 7) is 3.36. The molecule has 5 nitrogen and oxygen atoms in total. The predicted molar refractivity (Wildman–Crippen MR) is 57.9 cm³/mol. The van der Waals surface area contributed by atoms with Crippen LogP contribution < -0.4 is 5.32 Å². The van der Waals surface area contributed by atoms with Crippen LogP contribution >= 0.6 is 0 Å². The zero-order valence-electron chi connectivity index (χ0n) is 9.48. The van der Waals surface area contributed by atoms with Crippen LogP contribution in [0.25, 0.3) is 0 Å². The van der Waals surface area contributed by atoms with Crippen molar-refractivity contribution in [1.29, 1.82) is 0 Å². The first-order valence-corrected chi connectivity index (χ1v) is 5.07. The first-order chi connectivity index (χ1) is 7.91. The van der Waals surface area contributed by atoms with Gasteiger partial charge < -0.3 is 10.4 Å². The summed E-state index contributed by atoms with van der Waals surface area (Å²) in [5.74, 6) is -2.56. The van der Waals surface area contributed by atoms with Crippen molar-refractivity contribution in [2.45, 2.75) is 19.9 Å². The number of nitrogens with zero attached hydrogens (tertiary/aromatic N) is 1. The molecule has 0 saturated carbocycles. The first-order valence-electron chi connectivity index (χ1n) is 5.07. The van der Waals surface area contributed by atoms with Crippen molar-refractivity contribution in [3.63, 3.8) is 0 Å². The summed E-state index contributed by atoms with van der Waals surface area (Å²) in [4.78, 5) is 26.1. The van der Waals surface area contributed by atoms with Crippen molar-refractivity contribution in [3.8, 4) is 0 Å². The molecule has 17 heavy (non-hydrogen) atoms. The van der Waals surface area contributed by atoms with Crippen LogP contribution in [0.1, 0.15) is 24.3 Å². The molecule has 1 aromatic rings. The van der Waals surface area contributed by atoms with Crippen LogP contribution in [-0.2, 0) is 4.79 Å². The van der Waals surface area contributed by atoms with Gasteiger partial charge >= 0.3 is 5.97 Å². The molecule has 0 aromatic carbocycles. The SMILES string of the molecule is CC(C)C(NC(=O)c1ccc(F)cn1)C(=O)O. The molecule has 0 aliphatic heterocycles. The molecule has 0 aliphatic rings. The Balaban J connectivity index is 2.77. The lowest BCUT2D eigenvalue weighted by Crippen LogP contribution is -2.44. The number of hydrogen-bond donors (Lipinski definition) is 2. The summed E-state index contributed by atoms with van der Waals surface area (Å²) in [5, 5.41) is 11.2. The summed E-state index contributed by atoms with van der Waals surface area (Å²) in [6, 6.07) is 1.30. The fourth-order valence-corrected chi connectivity index (χ4v) is 1.24. The van der Waals surface area contributed by atoms with Gasteiger partial charge in [0, 0.05) is 0 Å². The quantitative estimate of drug-likeness (QED) is 0.824. The lowest BCUT2D eigenvalue weighted by Gasteiger charge is -2.17. The number of hydrogen-bond acceptors (Lipinski definition) is 3. The molecule has 2 N–H and O–H groups in total. The molecule has 1 unspecified atom stereocenters. The Labute approximate surface area is 97.7 Å². The molecule has 0 bridgehead atoms. The summed E-state index contributed by atoms with van der Waals surface area (Å²) >= 11 is 0. The average Bonchev–Trinajstić information content (AvgIpc) is 2.25. The zero-order chi connectivity index (χ0) is 13.0. The fourth-order valence-electron chi connectivity index (χ4n) is 1.24. The Morgan fingerprint density at radius 1 is 1.41 bits per heavy atom. The van der Waals surface area contributed by atoms with Crippen molar-refractivity contribution in [3.05, 3.63) is 29.8 Å². The number of rotatable bonds is 4. The van der Waals surface area contributed by atoms with Gasteiger partial charge in [0.05, 0.1) is 6.20 Å². The Morgan fingerprint density at radius 2 is 2.06 bits per heavy atom. The van der Waals surface area contributed by atoms with Gasteiger partial charge in [0.25, 0.3) is 5.91 Å². The van der Waals surface area contributed by atoms with Crippen LogP contribution in [-0.4, -0.2) is 28.0 Å². The number of halogens is 1. The van der Waals surface area contributed by atoms with Gasteiger partial charge in [-0.3, -0.25) is 4.79 Å². The monoisotopic (exact) mass is 240 g/mol. The number of carbonyl (C=O) groups is 2. The van der Waals surface area contributed by atoms with E-state index in [-0.39, 0.29) is 11.6 Å². The van der Waals surface area contributed by atoms with E-state index < -0.39 is 23.7 Å². The first kappa shape index (κ1) is 13.1. The van der Waals surface area contributed by atoms with Crippen molar-refractivity contribution in [2.24, 2.45) is 5.92 Å². The molecule has 0 fully saturated rings. The summed E-state index contributed by atoms with van der Waals surface area (Å²) in [6.07, 6.45) is 0.903. The van der Waals surface area contributed by atoms with Gasteiger partial charge in [-0.1, -0.05) is 13.8 Å². The molecule has 1 aromatic heterocycles. The number of carboxylic acids is 1. The highest BCUT2D eigenvalue weighted by molar-refractivity contribution is 5.94. The van der Waals surface area contributed by atoms with E-state index in [0.29, 0.717) is 0 Å². The number of carboxylic acid groups (broad SMARTS) is 1. The lowest BCUT2D eigenvalue weighted by atomic mass is 10.0. The molecular weight excluding hydrogens is 227 g/mol. The van der Waals surface area contributed by atoms with Crippen LogP contribution in [0.2, 0.25) is 0 Å². The fraction of sp³-hybridized carbons (Fsp3) is 0.364. The van der Waals surface area contributed by atoms with Crippen LogP contribution in [0.4, 0.5) is 4.39 Å². The smallest absolute Gasteiger partial charge is 0.326 e. The highest BCUT2D eigenvalue weighted by Crippen LogP contribution is 2.04. The maximum Gasteiger partial charge on any atom is 0.326 e. The molecule has 0 saturated heterocycles. The molecule has 1 heterocycles. The highest BCUT2D eigenvalue weighted by atomic mass is 19.1. The van der Waals surface area contributed by atoms with Crippen molar-refractivity contribution in [1.82, 2.24) is 10.3 Å². The van der Waals surface area contributed by atoms with E-state index in [0.717, 1.165) is 12.3 Å².